The van der Waals surface area contributed by atoms with Crippen LogP contribution in [0, 0.1) is 0 Å². The van der Waals surface area contributed by atoms with Crippen molar-refractivity contribution in [1.29, 1.82) is 0 Å². The van der Waals surface area contributed by atoms with Crippen LogP contribution < -0.4 is 0 Å². The molecular formula is C34H46N2O8. The zero-order valence-corrected chi connectivity index (χ0v) is 25.2. The molecule has 0 spiro atoms. The lowest BCUT2D eigenvalue weighted by atomic mass is 10.2. The molecule has 10 heteroatoms. The monoisotopic (exact) mass is 610 g/mol. The van der Waals surface area contributed by atoms with E-state index < -0.39 is 30.5 Å². The van der Waals surface area contributed by atoms with Crippen LogP contribution in [0.15, 0.2) is 85.0 Å². The van der Waals surface area contributed by atoms with Crippen molar-refractivity contribution in [3.63, 3.8) is 0 Å². The Balaban J connectivity index is 0.000000177. The predicted molar refractivity (Wildman–Crippen MR) is 166 cm³/mol. The number of β-amino-alcohol motifs (C(OH)–C–C–N with tert-alkyl or cyclic N) is 2. The Bertz CT molecular complexity index is 1130. The normalized spacial score (nSPS) is 23.1. The van der Waals surface area contributed by atoms with E-state index in [0.717, 1.165) is 30.4 Å². The van der Waals surface area contributed by atoms with Gasteiger partial charge in [0.2, 0.25) is 0 Å². The highest BCUT2D eigenvalue weighted by atomic mass is 16.6. The molecule has 4 atom stereocenters. The number of nitrogens with zero attached hydrogens (tertiary/aromatic N) is 2. The van der Waals surface area contributed by atoms with Crippen molar-refractivity contribution in [2.24, 2.45) is 0 Å². The zero-order chi connectivity index (χ0) is 31.6. The van der Waals surface area contributed by atoms with Crippen molar-refractivity contribution >= 4 is 12.2 Å². The van der Waals surface area contributed by atoms with Crippen LogP contribution in [0.5, 0.6) is 0 Å². The van der Waals surface area contributed by atoms with Crippen molar-refractivity contribution in [1.82, 2.24) is 9.80 Å². The first kappa shape index (κ1) is 34.8. The third-order valence-electron chi connectivity index (χ3n) is 7.36. The molecular weight excluding hydrogens is 564 g/mol. The molecule has 6 rings (SSSR count). The maximum Gasteiger partial charge on any atom is 0.410 e. The molecule has 2 fully saturated rings. The molecule has 4 aliphatic rings. The van der Waals surface area contributed by atoms with Crippen LogP contribution >= 0.6 is 0 Å². The number of allylic oxidation sites excluding steroid dienone is 2. The summed E-state index contributed by atoms with van der Waals surface area (Å²) >= 11 is 0. The van der Waals surface area contributed by atoms with Gasteiger partial charge >= 0.3 is 12.2 Å². The first-order valence-electron chi connectivity index (χ1n) is 15.3. The van der Waals surface area contributed by atoms with Crippen molar-refractivity contribution in [3.8, 4) is 0 Å². The van der Waals surface area contributed by atoms with Crippen LogP contribution in [0.4, 0.5) is 9.59 Å². The predicted octanol–water partition coefficient (Wildman–Crippen LogP) is 4.17. The molecule has 0 aromatic heterocycles. The van der Waals surface area contributed by atoms with Crippen LogP contribution in [0.2, 0.25) is 0 Å². The van der Waals surface area contributed by atoms with Crippen LogP contribution in [0.3, 0.4) is 0 Å². The first-order valence-corrected chi connectivity index (χ1v) is 15.3. The molecule has 0 radical (unpaired) electrons. The van der Waals surface area contributed by atoms with Crippen molar-refractivity contribution < 1.29 is 39.5 Å². The second kappa shape index (κ2) is 19.6. The van der Waals surface area contributed by atoms with E-state index in [4.69, 9.17) is 19.7 Å². The van der Waals surface area contributed by atoms with Gasteiger partial charge in [-0.2, -0.15) is 0 Å². The molecule has 2 heterocycles. The summed E-state index contributed by atoms with van der Waals surface area (Å²) in [6.07, 6.45) is 11.6. The summed E-state index contributed by atoms with van der Waals surface area (Å²) in [5.41, 5.74) is 1.92. The highest BCUT2D eigenvalue weighted by Crippen LogP contribution is 2.17. The summed E-state index contributed by atoms with van der Waals surface area (Å²) < 4.78 is 10.2. The van der Waals surface area contributed by atoms with Gasteiger partial charge in [-0.3, -0.25) is 0 Å². The smallest absolute Gasteiger partial charge is 0.410 e. The van der Waals surface area contributed by atoms with Crippen molar-refractivity contribution in [2.75, 3.05) is 26.2 Å². The number of amides is 2. The fourth-order valence-electron chi connectivity index (χ4n) is 4.68. The van der Waals surface area contributed by atoms with E-state index in [1.807, 2.05) is 72.8 Å². The summed E-state index contributed by atoms with van der Waals surface area (Å²) in [5, 5.41) is 36.1. The van der Waals surface area contributed by atoms with E-state index in [-0.39, 0.29) is 25.8 Å². The fraction of sp³-hybridized carbons (Fsp3) is 0.471. The molecule has 1 saturated carbocycles. The van der Waals surface area contributed by atoms with Crippen molar-refractivity contribution in [3.05, 3.63) is 96.1 Å². The maximum atomic E-state index is 11.6. The Hall–Kier alpha value is -3.70. The Labute approximate surface area is 259 Å². The van der Waals surface area contributed by atoms with Gasteiger partial charge < -0.3 is 39.7 Å². The van der Waals surface area contributed by atoms with Crippen LogP contribution in [-0.2, 0) is 22.7 Å². The summed E-state index contributed by atoms with van der Waals surface area (Å²) in [5.74, 6) is 0. The number of hydrogen-bond donors (Lipinski definition) is 4. The Kier molecular flexibility index (Phi) is 15.5. The number of carbonyl (C=O) groups is 2. The summed E-state index contributed by atoms with van der Waals surface area (Å²) in [6.45, 7) is 2.10. The average Bonchev–Trinajstić information content (AvgIpc) is 3.89. The fourth-order valence-corrected chi connectivity index (χ4v) is 4.68. The maximum absolute atomic E-state index is 11.6. The molecule has 4 unspecified atom stereocenters. The Morgan fingerprint density at radius 3 is 1.39 bits per heavy atom. The van der Waals surface area contributed by atoms with Gasteiger partial charge in [-0.05, 0) is 49.7 Å². The van der Waals surface area contributed by atoms with Gasteiger partial charge in [0.25, 0.3) is 0 Å². The number of aliphatic hydroxyl groups is 4. The van der Waals surface area contributed by atoms with Gasteiger partial charge in [0.05, 0.1) is 37.5 Å². The van der Waals surface area contributed by atoms with E-state index in [1.165, 1.54) is 24.2 Å². The second-order valence-corrected chi connectivity index (χ2v) is 11.0. The Morgan fingerprint density at radius 2 is 1.02 bits per heavy atom. The third-order valence-corrected chi connectivity index (χ3v) is 7.36. The van der Waals surface area contributed by atoms with Gasteiger partial charge in [-0.15, -0.1) is 0 Å². The standard InChI is InChI=1S/C12H15NO4.C12H13NO2.C5H10O2.C5H8/c14-10-6-13(7-11(10)15)12(16)17-8-9-4-2-1-3-5-9;14-12(13-8-4-5-9-13)15-10-11-6-2-1-3-7-11;6-4-2-1-3-5(4)7;1-2-4-5-3-1/h1-5,10-11,14-15H,6-8H2;1-7H,8-10H2;4-7H,1-3H2;1-2H,3-5H2. The average molecular weight is 611 g/mol. The summed E-state index contributed by atoms with van der Waals surface area (Å²) in [4.78, 5) is 26.0. The molecule has 2 aliphatic carbocycles. The number of carbonyl (C=O) groups excluding carboxylic acids is 2. The molecule has 2 aromatic carbocycles. The number of rotatable bonds is 4. The van der Waals surface area contributed by atoms with Gasteiger partial charge in [0.1, 0.15) is 13.2 Å². The lowest BCUT2D eigenvalue weighted by Gasteiger charge is -2.15. The van der Waals surface area contributed by atoms with Crippen LogP contribution in [0.1, 0.15) is 49.7 Å². The van der Waals surface area contributed by atoms with E-state index in [1.54, 1.807) is 4.90 Å². The topological polar surface area (TPSA) is 140 Å². The molecule has 2 aromatic rings. The molecule has 1 saturated heterocycles. The minimum absolute atomic E-state index is 0.120. The molecule has 2 amide bonds. The molecule has 44 heavy (non-hydrogen) atoms. The SMILES string of the molecule is C1=CCCC1.O=C(OCc1ccccc1)N1CC(O)C(O)C1.O=C(OCc1ccccc1)N1CC=CC1.OC1CCCC1O. The van der Waals surface area contributed by atoms with Gasteiger partial charge in [-0.25, -0.2) is 9.59 Å². The summed E-state index contributed by atoms with van der Waals surface area (Å²) in [7, 11) is 0. The van der Waals surface area contributed by atoms with Crippen molar-refractivity contribution in [2.45, 2.75) is 76.2 Å². The Morgan fingerprint density at radius 1 is 0.591 bits per heavy atom. The largest absolute Gasteiger partial charge is 0.445 e. The number of benzene rings is 2. The van der Waals surface area contributed by atoms with E-state index in [2.05, 4.69) is 12.2 Å². The van der Waals surface area contributed by atoms with Gasteiger partial charge in [0.15, 0.2) is 0 Å². The molecule has 0 bridgehead atoms. The number of ether oxygens (including phenoxy) is 2. The van der Waals surface area contributed by atoms with Crippen LogP contribution in [0.25, 0.3) is 0 Å². The quantitative estimate of drug-likeness (QED) is 0.378. The van der Waals surface area contributed by atoms with E-state index >= 15 is 0 Å². The minimum Gasteiger partial charge on any atom is -0.445 e. The highest BCUT2D eigenvalue weighted by Gasteiger charge is 2.33. The van der Waals surface area contributed by atoms with E-state index in [0.29, 0.717) is 19.7 Å². The molecule has 240 valence electrons. The summed E-state index contributed by atoms with van der Waals surface area (Å²) in [6, 6.07) is 19.0. The number of likely N-dealkylation sites (tertiary alicyclic amines) is 1. The zero-order valence-electron chi connectivity index (χ0n) is 25.2. The second-order valence-electron chi connectivity index (χ2n) is 11.0. The molecule has 4 N–H and O–H groups in total. The van der Waals surface area contributed by atoms with Gasteiger partial charge in [0, 0.05) is 13.1 Å². The lowest BCUT2D eigenvalue weighted by molar-refractivity contribution is 0.0438. The van der Waals surface area contributed by atoms with Gasteiger partial charge in [-0.1, -0.05) is 85.0 Å². The number of hydrogen-bond acceptors (Lipinski definition) is 8. The molecule has 2 aliphatic heterocycles. The minimum atomic E-state index is -0.876. The highest BCUT2D eigenvalue weighted by molar-refractivity contribution is 5.69. The molecule has 10 nitrogen and oxygen atoms in total. The van der Waals surface area contributed by atoms with Crippen LogP contribution in [-0.4, -0.2) is 93.0 Å². The number of aliphatic hydroxyl groups excluding tert-OH is 4. The lowest BCUT2D eigenvalue weighted by Crippen LogP contribution is -2.30. The third kappa shape index (κ3) is 12.9. The van der Waals surface area contributed by atoms with E-state index in [9.17, 15) is 19.8 Å². The first-order chi connectivity index (χ1) is 21.3.